The van der Waals surface area contributed by atoms with Crippen molar-refractivity contribution in [3.63, 3.8) is 0 Å². The molecule has 2 rings (SSSR count). The highest BCUT2D eigenvalue weighted by Gasteiger charge is 2.15. The molecule has 0 saturated carbocycles. The molecule has 0 saturated heterocycles. The standard InChI is InChI=1S/C17H18BrClFN/c1-2-21-13(10-12-6-3-4-7-15(12)18)11-14-16(19)8-5-9-17(14)20/h3-9,13,21H,2,10-11H2,1H3. The Hall–Kier alpha value is -0.900. The largest absolute Gasteiger partial charge is 0.314 e. The fraction of sp³-hybridized carbons (Fsp3) is 0.294. The van der Waals surface area contributed by atoms with Gasteiger partial charge in [0.2, 0.25) is 0 Å². The molecule has 2 aromatic rings. The summed E-state index contributed by atoms with van der Waals surface area (Å²) in [6.45, 7) is 2.89. The summed E-state index contributed by atoms with van der Waals surface area (Å²) in [6.07, 6.45) is 1.39. The van der Waals surface area contributed by atoms with Gasteiger partial charge in [-0.15, -0.1) is 0 Å². The summed E-state index contributed by atoms with van der Waals surface area (Å²) in [7, 11) is 0. The average molecular weight is 371 g/mol. The molecule has 0 amide bonds. The van der Waals surface area contributed by atoms with Crippen LogP contribution < -0.4 is 5.32 Å². The van der Waals surface area contributed by atoms with Gasteiger partial charge in [-0.05, 0) is 43.1 Å². The van der Waals surface area contributed by atoms with E-state index in [9.17, 15) is 4.39 Å². The molecule has 0 aliphatic carbocycles. The van der Waals surface area contributed by atoms with E-state index in [1.165, 1.54) is 11.6 Å². The van der Waals surface area contributed by atoms with Gasteiger partial charge in [0.25, 0.3) is 0 Å². The first-order chi connectivity index (χ1) is 10.1. The highest BCUT2D eigenvalue weighted by Crippen LogP contribution is 2.23. The Kier molecular flexibility index (Phi) is 6.22. The molecule has 1 N–H and O–H groups in total. The Bertz CT molecular complexity index is 583. The minimum Gasteiger partial charge on any atom is -0.314 e. The van der Waals surface area contributed by atoms with Crippen molar-refractivity contribution in [2.75, 3.05) is 6.54 Å². The molecule has 0 radical (unpaired) electrons. The van der Waals surface area contributed by atoms with Gasteiger partial charge in [-0.1, -0.05) is 58.7 Å². The van der Waals surface area contributed by atoms with Gasteiger partial charge >= 0.3 is 0 Å². The molecule has 112 valence electrons. The van der Waals surface area contributed by atoms with Crippen molar-refractivity contribution in [2.45, 2.75) is 25.8 Å². The van der Waals surface area contributed by atoms with E-state index in [0.29, 0.717) is 17.0 Å². The van der Waals surface area contributed by atoms with Gasteiger partial charge in [0.15, 0.2) is 0 Å². The maximum atomic E-state index is 13.9. The summed E-state index contributed by atoms with van der Waals surface area (Å²) < 4.78 is 15.0. The van der Waals surface area contributed by atoms with Gasteiger partial charge in [-0.25, -0.2) is 4.39 Å². The number of rotatable bonds is 6. The first kappa shape index (κ1) is 16.5. The second-order valence-electron chi connectivity index (χ2n) is 4.95. The first-order valence-electron chi connectivity index (χ1n) is 7.01. The molecule has 0 bridgehead atoms. The van der Waals surface area contributed by atoms with Crippen LogP contribution in [0, 0.1) is 5.82 Å². The van der Waals surface area contributed by atoms with E-state index in [-0.39, 0.29) is 11.9 Å². The normalized spacial score (nSPS) is 12.4. The lowest BCUT2D eigenvalue weighted by molar-refractivity contribution is 0.505. The maximum absolute atomic E-state index is 13.9. The molecular formula is C17H18BrClFN. The molecule has 1 nitrogen and oxygen atoms in total. The van der Waals surface area contributed by atoms with Crippen molar-refractivity contribution in [3.8, 4) is 0 Å². The van der Waals surface area contributed by atoms with Gasteiger partial charge in [-0.3, -0.25) is 0 Å². The Labute approximate surface area is 138 Å². The summed E-state index contributed by atoms with van der Waals surface area (Å²) in [6, 6.07) is 13.1. The molecule has 2 aromatic carbocycles. The van der Waals surface area contributed by atoms with Crippen LogP contribution in [0.2, 0.25) is 5.02 Å². The second-order valence-corrected chi connectivity index (χ2v) is 6.22. The number of likely N-dealkylation sites (N-methyl/N-ethyl adjacent to an activating group) is 1. The number of hydrogen-bond acceptors (Lipinski definition) is 1. The van der Waals surface area contributed by atoms with Crippen molar-refractivity contribution in [1.29, 1.82) is 0 Å². The molecule has 0 aromatic heterocycles. The van der Waals surface area contributed by atoms with E-state index in [1.54, 1.807) is 12.1 Å². The summed E-state index contributed by atoms with van der Waals surface area (Å²) in [4.78, 5) is 0. The highest BCUT2D eigenvalue weighted by molar-refractivity contribution is 9.10. The second kappa shape index (κ2) is 7.92. The van der Waals surface area contributed by atoms with Crippen LogP contribution in [-0.2, 0) is 12.8 Å². The molecule has 0 aliphatic heterocycles. The lowest BCUT2D eigenvalue weighted by Gasteiger charge is -2.20. The summed E-state index contributed by atoms with van der Waals surface area (Å²) in [5, 5.41) is 3.91. The zero-order valence-electron chi connectivity index (χ0n) is 11.9. The first-order valence-corrected chi connectivity index (χ1v) is 8.18. The number of halogens is 3. The van der Waals surface area contributed by atoms with Crippen molar-refractivity contribution < 1.29 is 4.39 Å². The molecule has 1 unspecified atom stereocenters. The van der Waals surface area contributed by atoms with Crippen molar-refractivity contribution >= 4 is 27.5 Å². The van der Waals surface area contributed by atoms with Crippen LogP contribution in [0.15, 0.2) is 46.9 Å². The zero-order chi connectivity index (χ0) is 15.2. The summed E-state index contributed by atoms with van der Waals surface area (Å²) >= 11 is 9.69. The SMILES string of the molecule is CCNC(Cc1ccccc1Br)Cc1c(F)cccc1Cl. The van der Waals surface area contributed by atoms with Gasteiger partial charge in [0.05, 0.1) is 0 Å². The quantitative estimate of drug-likeness (QED) is 0.754. The Morgan fingerprint density at radius 2 is 1.90 bits per heavy atom. The predicted molar refractivity (Wildman–Crippen MR) is 90.4 cm³/mol. The monoisotopic (exact) mass is 369 g/mol. The molecular weight excluding hydrogens is 353 g/mol. The van der Waals surface area contributed by atoms with Crippen LogP contribution in [0.4, 0.5) is 4.39 Å². The van der Waals surface area contributed by atoms with Crippen LogP contribution in [0.25, 0.3) is 0 Å². The fourth-order valence-electron chi connectivity index (χ4n) is 2.41. The average Bonchev–Trinajstić information content (AvgIpc) is 2.45. The molecule has 4 heteroatoms. The number of nitrogens with one attached hydrogen (secondary N) is 1. The van der Waals surface area contributed by atoms with E-state index in [0.717, 1.165) is 17.4 Å². The highest BCUT2D eigenvalue weighted by atomic mass is 79.9. The topological polar surface area (TPSA) is 12.0 Å². The Balaban J connectivity index is 2.18. The fourth-order valence-corrected chi connectivity index (χ4v) is 3.10. The maximum Gasteiger partial charge on any atom is 0.127 e. The molecule has 0 aliphatic rings. The molecule has 0 fully saturated rings. The third kappa shape index (κ3) is 4.53. The van der Waals surface area contributed by atoms with Crippen LogP contribution in [-0.4, -0.2) is 12.6 Å². The minimum atomic E-state index is -0.238. The Morgan fingerprint density at radius 3 is 2.57 bits per heavy atom. The number of benzene rings is 2. The number of hydrogen-bond donors (Lipinski definition) is 1. The van der Waals surface area contributed by atoms with Crippen molar-refractivity contribution in [3.05, 3.63) is 68.9 Å². The third-order valence-corrected chi connectivity index (χ3v) is 4.56. The zero-order valence-corrected chi connectivity index (χ0v) is 14.2. The molecule has 0 spiro atoms. The molecule has 1 atom stereocenters. The van der Waals surface area contributed by atoms with E-state index in [4.69, 9.17) is 11.6 Å². The van der Waals surface area contributed by atoms with Crippen LogP contribution >= 0.6 is 27.5 Å². The molecule has 21 heavy (non-hydrogen) atoms. The summed E-state index contributed by atoms with van der Waals surface area (Å²) in [5.41, 5.74) is 1.79. The molecule has 0 heterocycles. The van der Waals surface area contributed by atoms with Gasteiger partial charge in [0.1, 0.15) is 5.82 Å². The lowest BCUT2D eigenvalue weighted by Crippen LogP contribution is -2.33. The third-order valence-electron chi connectivity index (χ3n) is 3.43. The van der Waals surface area contributed by atoms with Gasteiger partial charge < -0.3 is 5.32 Å². The lowest BCUT2D eigenvalue weighted by atomic mass is 9.98. The smallest absolute Gasteiger partial charge is 0.127 e. The van der Waals surface area contributed by atoms with E-state index >= 15 is 0 Å². The summed E-state index contributed by atoms with van der Waals surface area (Å²) in [5.74, 6) is -0.238. The van der Waals surface area contributed by atoms with E-state index < -0.39 is 0 Å². The van der Waals surface area contributed by atoms with Gasteiger partial charge in [0, 0.05) is 21.1 Å². The van der Waals surface area contributed by atoms with Crippen LogP contribution in [0.1, 0.15) is 18.1 Å². The van der Waals surface area contributed by atoms with Crippen molar-refractivity contribution in [2.24, 2.45) is 0 Å². The van der Waals surface area contributed by atoms with E-state index in [2.05, 4.69) is 34.2 Å². The van der Waals surface area contributed by atoms with Crippen molar-refractivity contribution in [1.82, 2.24) is 5.32 Å². The van der Waals surface area contributed by atoms with Crippen LogP contribution in [0.3, 0.4) is 0 Å². The Morgan fingerprint density at radius 1 is 1.14 bits per heavy atom. The minimum absolute atomic E-state index is 0.142. The predicted octanol–water partition coefficient (Wildman–Crippen LogP) is 5.00. The van der Waals surface area contributed by atoms with Crippen LogP contribution in [0.5, 0.6) is 0 Å². The van der Waals surface area contributed by atoms with E-state index in [1.807, 2.05) is 18.2 Å². The van der Waals surface area contributed by atoms with Gasteiger partial charge in [-0.2, -0.15) is 0 Å².